The van der Waals surface area contributed by atoms with E-state index in [-0.39, 0.29) is 0 Å². The van der Waals surface area contributed by atoms with Crippen LogP contribution in [0.2, 0.25) is 0 Å². The molecule has 2 aromatic heterocycles. The summed E-state index contributed by atoms with van der Waals surface area (Å²) in [6.07, 6.45) is 3.38. The number of nitrogens with zero attached hydrogens (tertiary/aromatic N) is 2. The Balaban J connectivity index is 2.02. The van der Waals surface area contributed by atoms with Crippen LogP contribution in [0.3, 0.4) is 0 Å². The maximum absolute atomic E-state index is 5.66. The number of nitrogen functional groups attached to an aromatic ring is 1. The van der Waals surface area contributed by atoms with Gasteiger partial charge in [-0.3, -0.25) is 5.10 Å². The van der Waals surface area contributed by atoms with Gasteiger partial charge in [-0.1, -0.05) is 0 Å². The second kappa shape index (κ2) is 3.78. The third-order valence-electron chi connectivity index (χ3n) is 1.87. The summed E-state index contributed by atoms with van der Waals surface area (Å²) in [4.78, 5) is 3.97. The SMILES string of the molecule is Nc1ncccc1NCc1ccn[nH]1. The van der Waals surface area contributed by atoms with Crippen LogP contribution in [0, 0.1) is 0 Å². The highest BCUT2D eigenvalue weighted by Crippen LogP contribution is 2.14. The molecule has 0 aliphatic rings. The van der Waals surface area contributed by atoms with Crippen LogP contribution in [0.4, 0.5) is 11.5 Å². The molecule has 0 saturated heterocycles. The van der Waals surface area contributed by atoms with E-state index in [9.17, 15) is 0 Å². The van der Waals surface area contributed by atoms with Crippen LogP contribution in [0.15, 0.2) is 30.6 Å². The number of nitrogens with one attached hydrogen (secondary N) is 2. The molecule has 0 saturated carbocycles. The summed E-state index contributed by atoms with van der Waals surface area (Å²) < 4.78 is 0. The van der Waals surface area contributed by atoms with Crippen molar-refractivity contribution in [3.63, 3.8) is 0 Å². The molecule has 0 fully saturated rings. The molecular weight excluding hydrogens is 178 g/mol. The second-order valence-corrected chi connectivity index (χ2v) is 2.87. The standard InChI is InChI=1S/C9H11N5/c10-9-8(2-1-4-11-9)12-6-7-3-5-13-14-7/h1-5,12H,6H2,(H2,10,11)(H,13,14). The Morgan fingerprint density at radius 1 is 1.36 bits per heavy atom. The molecule has 0 amide bonds. The third kappa shape index (κ3) is 1.82. The molecule has 14 heavy (non-hydrogen) atoms. The largest absolute Gasteiger partial charge is 0.382 e. The molecule has 5 heteroatoms. The molecule has 0 unspecified atom stereocenters. The number of aromatic nitrogens is 3. The summed E-state index contributed by atoms with van der Waals surface area (Å²) in [6, 6.07) is 5.63. The molecule has 72 valence electrons. The lowest BCUT2D eigenvalue weighted by Crippen LogP contribution is -2.03. The van der Waals surface area contributed by atoms with Crippen LogP contribution in [0.5, 0.6) is 0 Å². The number of anilines is 2. The Hall–Kier alpha value is -2.04. The molecule has 0 aliphatic carbocycles. The van der Waals surface area contributed by atoms with Gasteiger partial charge in [-0.25, -0.2) is 4.98 Å². The lowest BCUT2D eigenvalue weighted by atomic mass is 10.3. The average Bonchev–Trinajstić information content (AvgIpc) is 2.69. The summed E-state index contributed by atoms with van der Waals surface area (Å²) in [5, 5.41) is 9.85. The average molecular weight is 189 g/mol. The maximum atomic E-state index is 5.66. The van der Waals surface area contributed by atoms with Gasteiger partial charge < -0.3 is 11.1 Å². The minimum absolute atomic E-state index is 0.506. The fourth-order valence-corrected chi connectivity index (χ4v) is 1.14. The number of hydrogen-bond donors (Lipinski definition) is 3. The molecule has 0 aromatic carbocycles. The van der Waals surface area contributed by atoms with Crippen molar-refractivity contribution >= 4 is 11.5 Å². The fourth-order valence-electron chi connectivity index (χ4n) is 1.14. The van der Waals surface area contributed by atoms with E-state index >= 15 is 0 Å². The quantitative estimate of drug-likeness (QED) is 0.673. The Kier molecular flexibility index (Phi) is 2.31. The minimum atomic E-state index is 0.506. The number of hydrogen-bond acceptors (Lipinski definition) is 4. The summed E-state index contributed by atoms with van der Waals surface area (Å²) in [6.45, 7) is 0.663. The summed E-state index contributed by atoms with van der Waals surface area (Å²) in [5.74, 6) is 0.506. The van der Waals surface area contributed by atoms with E-state index in [4.69, 9.17) is 5.73 Å². The zero-order valence-electron chi connectivity index (χ0n) is 7.57. The van der Waals surface area contributed by atoms with E-state index in [1.165, 1.54) is 0 Å². The molecule has 0 atom stereocenters. The lowest BCUT2D eigenvalue weighted by Gasteiger charge is -2.05. The minimum Gasteiger partial charge on any atom is -0.382 e. The van der Waals surface area contributed by atoms with E-state index in [0.29, 0.717) is 12.4 Å². The number of pyridine rings is 1. The normalized spacial score (nSPS) is 10.0. The Bertz CT molecular complexity index is 395. The number of aromatic amines is 1. The first-order chi connectivity index (χ1) is 6.86. The van der Waals surface area contributed by atoms with Crippen LogP contribution >= 0.6 is 0 Å². The Morgan fingerprint density at radius 3 is 3.00 bits per heavy atom. The van der Waals surface area contributed by atoms with E-state index in [2.05, 4.69) is 20.5 Å². The number of nitrogens with two attached hydrogens (primary N) is 1. The van der Waals surface area contributed by atoms with E-state index in [1.54, 1.807) is 12.4 Å². The van der Waals surface area contributed by atoms with Gasteiger partial charge in [-0.2, -0.15) is 5.10 Å². The summed E-state index contributed by atoms with van der Waals surface area (Å²) in [5.41, 5.74) is 7.50. The van der Waals surface area contributed by atoms with Gasteiger partial charge in [0, 0.05) is 12.4 Å². The zero-order chi connectivity index (χ0) is 9.80. The maximum Gasteiger partial charge on any atom is 0.146 e. The summed E-state index contributed by atoms with van der Waals surface area (Å²) >= 11 is 0. The van der Waals surface area contributed by atoms with Crippen molar-refractivity contribution in [1.29, 1.82) is 0 Å². The van der Waals surface area contributed by atoms with E-state index < -0.39 is 0 Å². The first-order valence-corrected chi connectivity index (χ1v) is 4.29. The van der Waals surface area contributed by atoms with Crippen LogP contribution in [-0.4, -0.2) is 15.2 Å². The first-order valence-electron chi connectivity index (χ1n) is 4.29. The van der Waals surface area contributed by atoms with Crippen molar-refractivity contribution < 1.29 is 0 Å². The predicted octanol–water partition coefficient (Wildman–Crippen LogP) is 0.999. The molecule has 2 rings (SSSR count). The van der Waals surface area contributed by atoms with Gasteiger partial charge in [-0.05, 0) is 18.2 Å². The van der Waals surface area contributed by atoms with Gasteiger partial charge in [0.1, 0.15) is 5.82 Å². The second-order valence-electron chi connectivity index (χ2n) is 2.87. The molecule has 0 aliphatic heterocycles. The highest BCUT2D eigenvalue weighted by molar-refractivity contribution is 5.60. The van der Waals surface area contributed by atoms with Gasteiger partial charge in [-0.15, -0.1) is 0 Å². The topological polar surface area (TPSA) is 79.6 Å². The van der Waals surface area contributed by atoms with Gasteiger partial charge in [0.25, 0.3) is 0 Å². The molecule has 0 bridgehead atoms. The first kappa shape index (κ1) is 8.55. The van der Waals surface area contributed by atoms with Crippen molar-refractivity contribution in [2.75, 3.05) is 11.1 Å². The van der Waals surface area contributed by atoms with Gasteiger partial charge in [0.05, 0.1) is 17.9 Å². The molecular formula is C9H11N5. The molecule has 0 spiro atoms. The van der Waals surface area contributed by atoms with Crippen LogP contribution in [0.25, 0.3) is 0 Å². The van der Waals surface area contributed by atoms with Gasteiger partial charge >= 0.3 is 0 Å². The molecule has 4 N–H and O–H groups in total. The zero-order valence-corrected chi connectivity index (χ0v) is 7.57. The van der Waals surface area contributed by atoms with Gasteiger partial charge in [0.2, 0.25) is 0 Å². The highest BCUT2D eigenvalue weighted by Gasteiger charge is 1.98. The highest BCUT2D eigenvalue weighted by atomic mass is 15.1. The number of H-pyrrole nitrogens is 1. The van der Waals surface area contributed by atoms with Crippen molar-refractivity contribution in [2.24, 2.45) is 0 Å². The van der Waals surface area contributed by atoms with Crippen molar-refractivity contribution in [1.82, 2.24) is 15.2 Å². The van der Waals surface area contributed by atoms with Gasteiger partial charge in [0.15, 0.2) is 0 Å². The van der Waals surface area contributed by atoms with E-state index in [1.807, 2.05) is 18.2 Å². The van der Waals surface area contributed by atoms with Crippen molar-refractivity contribution in [3.05, 3.63) is 36.3 Å². The predicted molar refractivity (Wildman–Crippen MR) is 54.6 cm³/mol. The third-order valence-corrected chi connectivity index (χ3v) is 1.87. The lowest BCUT2D eigenvalue weighted by molar-refractivity contribution is 0.981. The Labute approximate surface area is 81.4 Å². The van der Waals surface area contributed by atoms with Crippen molar-refractivity contribution in [3.8, 4) is 0 Å². The number of rotatable bonds is 3. The van der Waals surface area contributed by atoms with Crippen LogP contribution in [-0.2, 0) is 6.54 Å². The molecule has 2 heterocycles. The molecule has 0 radical (unpaired) electrons. The smallest absolute Gasteiger partial charge is 0.146 e. The molecule has 2 aromatic rings. The van der Waals surface area contributed by atoms with Crippen LogP contribution < -0.4 is 11.1 Å². The Morgan fingerprint density at radius 2 is 2.29 bits per heavy atom. The monoisotopic (exact) mass is 189 g/mol. The van der Waals surface area contributed by atoms with Crippen molar-refractivity contribution in [2.45, 2.75) is 6.54 Å². The van der Waals surface area contributed by atoms with E-state index in [0.717, 1.165) is 11.4 Å². The fraction of sp³-hybridized carbons (Fsp3) is 0.111. The summed E-state index contributed by atoms with van der Waals surface area (Å²) in [7, 11) is 0. The molecule has 5 nitrogen and oxygen atoms in total. The van der Waals surface area contributed by atoms with Crippen LogP contribution in [0.1, 0.15) is 5.69 Å².